The number of carbonyl (C=O) groups excluding carboxylic acids is 2. The lowest BCUT2D eigenvalue weighted by atomic mass is 10.2. The minimum Gasteiger partial charge on any atom is -0.497 e. The first-order valence-corrected chi connectivity index (χ1v) is 8.58. The van der Waals surface area contributed by atoms with Crippen LogP contribution in [0.1, 0.15) is 26.2 Å². The number of ether oxygens (including phenoxy) is 1. The maximum Gasteiger partial charge on any atom is 0.239 e. The van der Waals surface area contributed by atoms with Gasteiger partial charge in [0.1, 0.15) is 5.75 Å². The van der Waals surface area contributed by atoms with E-state index >= 15 is 0 Å². The average Bonchev–Trinajstić information content (AvgIpc) is 3.13. The molecule has 8 nitrogen and oxygen atoms in total. The highest BCUT2D eigenvalue weighted by molar-refractivity contribution is 5.84. The molecule has 1 aromatic carbocycles. The molecule has 0 aliphatic carbocycles. The summed E-state index contributed by atoms with van der Waals surface area (Å²) in [7, 11) is 1.60. The predicted octanol–water partition coefficient (Wildman–Crippen LogP) is 1.66. The summed E-state index contributed by atoms with van der Waals surface area (Å²) in [5.41, 5.74) is 0.804. The van der Waals surface area contributed by atoms with Gasteiger partial charge >= 0.3 is 0 Å². The van der Waals surface area contributed by atoms with Crippen molar-refractivity contribution in [3.63, 3.8) is 0 Å². The largest absolute Gasteiger partial charge is 0.497 e. The molecule has 8 heteroatoms. The van der Waals surface area contributed by atoms with Gasteiger partial charge in [-0.25, -0.2) is 0 Å². The second-order valence-corrected chi connectivity index (χ2v) is 5.60. The van der Waals surface area contributed by atoms with Crippen LogP contribution in [0.3, 0.4) is 0 Å². The second-order valence-electron chi connectivity index (χ2n) is 5.60. The van der Waals surface area contributed by atoms with Crippen LogP contribution in [0.5, 0.6) is 5.75 Å². The van der Waals surface area contributed by atoms with Crippen molar-refractivity contribution >= 4 is 11.8 Å². The number of rotatable bonds is 9. The van der Waals surface area contributed by atoms with Gasteiger partial charge in [-0.1, -0.05) is 5.16 Å². The fourth-order valence-corrected chi connectivity index (χ4v) is 2.39. The Hall–Kier alpha value is -2.90. The molecule has 1 aromatic heterocycles. The van der Waals surface area contributed by atoms with Gasteiger partial charge in [-0.2, -0.15) is 4.98 Å². The number of methoxy groups -OCH3 is 1. The molecule has 0 aliphatic heterocycles. The first-order chi connectivity index (χ1) is 12.6. The Morgan fingerprint density at radius 3 is 2.58 bits per heavy atom. The number of hydrogen-bond donors (Lipinski definition) is 1. The lowest BCUT2D eigenvalue weighted by Crippen LogP contribution is -2.40. The zero-order chi connectivity index (χ0) is 18.9. The van der Waals surface area contributed by atoms with Gasteiger partial charge in [0, 0.05) is 31.5 Å². The molecular weight excluding hydrogens is 336 g/mol. The van der Waals surface area contributed by atoms with Gasteiger partial charge < -0.3 is 19.5 Å². The molecule has 1 N–H and O–H groups in total. The normalized spacial score (nSPS) is 10.4. The standard InChI is InChI=1S/C18H24N4O4/c1-4-19-15(23)12-22(5-2)17(24)11-10-16-20-18(21-26-16)13-6-8-14(25-3)9-7-13/h6-9H,4-5,10-12H2,1-3H3,(H,19,23). The molecule has 0 unspecified atom stereocenters. The number of hydrogen-bond acceptors (Lipinski definition) is 6. The SMILES string of the molecule is CCNC(=O)CN(CC)C(=O)CCc1nc(-c2ccc(OC)cc2)no1. The second kappa shape index (κ2) is 9.55. The summed E-state index contributed by atoms with van der Waals surface area (Å²) >= 11 is 0. The van der Waals surface area contributed by atoms with Crippen LogP contribution in [0.4, 0.5) is 0 Å². The van der Waals surface area contributed by atoms with Crippen molar-refractivity contribution in [3.05, 3.63) is 30.2 Å². The van der Waals surface area contributed by atoms with E-state index in [2.05, 4.69) is 15.5 Å². The average molecular weight is 360 g/mol. The molecule has 0 radical (unpaired) electrons. The van der Waals surface area contributed by atoms with Crippen LogP contribution in [0.2, 0.25) is 0 Å². The molecule has 0 saturated heterocycles. The van der Waals surface area contributed by atoms with Crippen molar-refractivity contribution in [2.45, 2.75) is 26.7 Å². The van der Waals surface area contributed by atoms with Crippen LogP contribution in [-0.2, 0) is 16.0 Å². The van der Waals surface area contributed by atoms with Crippen LogP contribution in [-0.4, -0.2) is 53.6 Å². The molecule has 140 valence electrons. The Morgan fingerprint density at radius 1 is 1.23 bits per heavy atom. The van der Waals surface area contributed by atoms with Crippen LogP contribution >= 0.6 is 0 Å². The van der Waals surface area contributed by atoms with Crippen LogP contribution < -0.4 is 10.1 Å². The Kier molecular flexibility index (Phi) is 7.13. The molecule has 2 amide bonds. The van der Waals surface area contributed by atoms with Crippen molar-refractivity contribution < 1.29 is 18.8 Å². The van der Waals surface area contributed by atoms with Gasteiger partial charge in [-0.15, -0.1) is 0 Å². The Balaban J connectivity index is 1.91. The third-order valence-electron chi connectivity index (χ3n) is 3.81. The number of benzene rings is 1. The first kappa shape index (κ1) is 19.4. The summed E-state index contributed by atoms with van der Waals surface area (Å²) in [6.07, 6.45) is 0.533. The molecule has 26 heavy (non-hydrogen) atoms. The zero-order valence-corrected chi connectivity index (χ0v) is 15.3. The Labute approximate surface area is 152 Å². The Morgan fingerprint density at radius 2 is 1.96 bits per heavy atom. The monoisotopic (exact) mass is 360 g/mol. The van der Waals surface area contributed by atoms with E-state index in [-0.39, 0.29) is 24.8 Å². The highest BCUT2D eigenvalue weighted by atomic mass is 16.5. The molecule has 0 spiro atoms. The number of likely N-dealkylation sites (N-methyl/N-ethyl adjacent to an activating group) is 2. The first-order valence-electron chi connectivity index (χ1n) is 8.58. The van der Waals surface area contributed by atoms with E-state index in [1.54, 1.807) is 7.11 Å². The summed E-state index contributed by atoms with van der Waals surface area (Å²) < 4.78 is 10.3. The number of carbonyl (C=O) groups is 2. The molecule has 2 aromatic rings. The number of amides is 2. The molecule has 0 bridgehead atoms. The molecule has 0 fully saturated rings. The molecule has 0 aliphatic rings. The summed E-state index contributed by atoms with van der Waals surface area (Å²) in [5.74, 6) is 1.31. The van der Waals surface area contributed by atoms with Crippen molar-refractivity contribution in [1.82, 2.24) is 20.4 Å². The summed E-state index contributed by atoms with van der Waals surface area (Å²) in [4.78, 5) is 29.7. The molecule has 0 saturated carbocycles. The van der Waals surface area contributed by atoms with E-state index in [0.29, 0.717) is 31.2 Å². The lowest BCUT2D eigenvalue weighted by molar-refractivity contribution is -0.135. The van der Waals surface area contributed by atoms with Crippen LogP contribution in [0, 0.1) is 0 Å². The summed E-state index contributed by atoms with van der Waals surface area (Å²) in [5, 5.41) is 6.63. The molecule has 2 rings (SSSR count). The van der Waals surface area contributed by atoms with E-state index in [1.807, 2.05) is 38.1 Å². The smallest absolute Gasteiger partial charge is 0.239 e. The number of nitrogens with one attached hydrogen (secondary N) is 1. The minimum absolute atomic E-state index is 0.0596. The Bertz CT molecular complexity index is 727. The number of nitrogens with zero attached hydrogens (tertiary/aromatic N) is 3. The molecule has 0 atom stereocenters. The van der Waals surface area contributed by atoms with Crippen molar-refractivity contribution in [2.75, 3.05) is 26.7 Å². The van der Waals surface area contributed by atoms with Crippen molar-refractivity contribution in [1.29, 1.82) is 0 Å². The van der Waals surface area contributed by atoms with Gasteiger partial charge in [0.05, 0.1) is 13.7 Å². The third kappa shape index (κ3) is 5.30. The molecule has 1 heterocycles. The quantitative estimate of drug-likeness (QED) is 0.730. The van der Waals surface area contributed by atoms with E-state index in [1.165, 1.54) is 4.90 Å². The lowest BCUT2D eigenvalue weighted by Gasteiger charge is -2.19. The van der Waals surface area contributed by atoms with Gasteiger partial charge in [0.15, 0.2) is 0 Å². The van der Waals surface area contributed by atoms with Crippen LogP contribution in [0.15, 0.2) is 28.8 Å². The third-order valence-corrected chi connectivity index (χ3v) is 3.81. The van der Waals surface area contributed by atoms with E-state index in [9.17, 15) is 9.59 Å². The summed E-state index contributed by atoms with van der Waals surface area (Å²) in [6, 6.07) is 7.30. The highest BCUT2D eigenvalue weighted by Gasteiger charge is 2.17. The minimum atomic E-state index is -0.165. The maximum atomic E-state index is 12.3. The van der Waals surface area contributed by atoms with Gasteiger partial charge in [0.2, 0.25) is 23.5 Å². The predicted molar refractivity (Wildman–Crippen MR) is 95.5 cm³/mol. The maximum absolute atomic E-state index is 12.3. The fraction of sp³-hybridized carbons (Fsp3) is 0.444. The van der Waals surface area contributed by atoms with Crippen LogP contribution in [0.25, 0.3) is 11.4 Å². The number of aromatic nitrogens is 2. The van der Waals surface area contributed by atoms with Gasteiger partial charge in [0.25, 0.3) is 0 Å². The zero-order valence-electron chi connectivity index (χ0n) is 15.3. The van der Waals surface area contributed by atoms with Crippen molar-refractivity contribution in [3.8, 4) is 17.1 Å². The van der Waals surface area contributed by atoms with E-state index in [0.717, 1.165) is 11.3 Å². The van der Waals surface area contributed by atoms with Gasteiger partial charge in [-0.05, 0) is 38.1 Å². The topological polar surface area (TPSA) is 97.6 Å². The summed E-state index contributed by atoms with van der Waals surface area (Å²) in [6.45, 7) is 4.75. The number of aryl methyl sites for hydroxylation is 1. The fourth-order valence-electron chi connectivity index (χ4n) is 2.39. The highest BCUT2D eigenvalue weighted by Crippen LogP contribution is 2.20. The van der Waals surface area contributed by atoms with Crippen molar-refractivity contribution in [2.24, 2.45) is 0 Å². The van der Waals surface area contributed by atoms with Gasteiger partial charge in [-0.3, -0.25) is 9.59 Å². The van der Waals surface area contributed by atoms with E-state index in [4.69, 9.17) is 9.26 Å². The van der Waals surface area contributed by atoms with E-state index < -0.39 is 0 Å². The molecular formula is C18H24N4O4.